The topological polar surface area (TPSA) is 124 Å². The van der Waals surface area contributed by atoms with Crippen LogP contribution in [0.1, 0.15) is 12.8 Å². The van der Waals surface area contributed by atoms with Gasteiger partial charge in [0.15, 0.2) is 11.0 Å². The maximum atomic E-state index is 11.0. The first kappa shape index (κ1) is 22.7. The average molecular weight is 489 g/mol. The number of nitrogens with zero attached hydrogens (tertiary/aromatic N) is 7. The third-order valence-corrected chi connectivity index (χ3v) is 7.10. The fraction of sp³-hybridized carbons (Fsp3) is 0.545. The Morgan fingerprint density at radius 1 is 1.15 bits per heavy atom. The van der Waals surface area contributed by atoms with Crippen LogP contribution in [-0.4, -0.2) is 101 Å². The van der Waals surface area contributed by atoms with E-state index in [1.165, 1.54) is 4.90 Å². The number of carbonyl (C=O) groups is 1. The lowest BCUT2D eigenvalue weighted by atomic mass is 10.1. The number of nitrogens with two attached hydrogens (primary N) is 1. The lowest BCUT2D eigenvalue weighted by molar-refractivity contribution is 0.0981. The van der Waals surface area contributed by atoms with E-state index in [0.717, 1.165) is 56.9 Å². The number of nitrogen functional groups attached to an aromatic ring is 1. The number of anilines is 3. The Morgan fingerprint density at radius 2 is 1.88 bits per heavy atom. The van der Waals surface area contributed by atoms with E-state index in [2.05, 4.69) is 29.9 Å². The lowest BCUT2D eigenvalue weighted by Gasteiger charge is -2.43. The number of ether oxygens (including phenoxy) is 1. The van der Waals surface area contributed by atoms with Crippen molar-refractivity contribution in [3.63, 3.8) is 0 Å². The minimum Gasteiger partial charge on any atom is -0.476 e. The van der Waals surface area contributed by atoms with E-state index in [1.54, 1.807) is 12.3 Å². The van der Waals surface area contributed by atoms with Gasteiger partial charge in [-0.2, -0.15) is 0 Å². The summed E-state index contributed by atoms with van der Waals surface area (Å²) in [6.07, 6.45) is 3.16. The van der Waals surface area contributed by atoms with Crippen LogP contribution < -0.4 is 20.3 Å². The fourth-order valence-electron chi connectivity index (χ4n) is 5.22. The van der Waals surface area contributed by atoms with Crippen molar-refractivity contribution >= 4 is 34.9 Å². The first-order chi connectivity index (χ1) is 16.5. The smallest absolute Gasteiger partial charge is 0.407 e. The van der Waals surface area contributed by atoms with Crippen molar-refractivity contribution in [3.05, 3.63) is 29.5 Å². The summed E-state index contributed by atoms with van der Waals surface area (Å²) in [5, 5.41) is 17.2. The second-order valence-corrected chi connectivity index (χ2v) is 9.33. The molecule has 1 amide bonds. The molecule has 3 fully saturated rings. The molecule has 2 aromatic heterocycles. The van der Waals surface area contributed by atoms with Gasteiger partial charge in [0.05, 0.1) is 5.69 Å². The van der Waals surface area contributed by atoms with E-state index in [1.807, 2.05) is 12.1 Å². The Balaban J connectivity index is 1.18. The monoisotopic (exact) mass is 488 g/mol. The Bertz CT molecular complexity index is 1020. The number of carboxylic acid groups (broad SMARTS) is 1. The molecule has 0 radical (unpaired) electrons. The highest BCUT2D eigenvalue weighted by Gasteiger charge is 2.40. The quantitative estimate of drug-likeness (QED) is 0.619. The summed E-state index contributed by atoms with van der Waals surface area (Å²) < 4.78 is 5.96. The van der Waals surface area contributed by atoms with Gasteiger partial charge >= 0.3 is 6.09 Å². The summed E-state index contributed by atoms with van der Waals surface area (Å²) in [6, 6.07) is 6.55. The van der Waals surface area contributed by atoms with Gasteiger partial charge in [-0.25, -0.2) is 9.78 Å². The standard InChI is InChI=1S/C22H29ClN8O3/c23-19-12-18(21(24)27-26-19)30-13-16-1-2-17(14-30)31(16)15-3-4-25-20(11-15)34-10-9-28-5-7-29(8-6-28)22(32)33/h3-4,11-12,16-17H,1-2,5-10,13-14H2,(H2,24,27)(H,32,33). The fourth-order valence-corrected chi connectivity index (χ4v) is 5.36. The zero-order chi connectivity index (χ0) is 23.7. The van der Waals surface area contributed by atoms with Crippen molar-refractivity contribution < 1.29 is 14.6 Å². The van der Waals surface area contributed by atoms with Crippen LogP contribution in [0.3, 0.4) is 0 Å². The van der Waals surface area contributed by atoms with Crippen LogP contribution in [0.25, 0.3) is 0 Å². The van der Waals surface area contributed by atoms with E-state index in [9.17, 15) is 4.79 Å². The van der Waals surface area contributed by atoms with Crippen LogP contribution in [0.5, 0.6) is 5.88 Å². The molecule has 3 aliphatic rings. The number of hydrogen-bond donors (Lipinski definition) is 2. The molecule has 12 heteroatoms. The Hall–Kier alpha value is -3.05. The van der Waals surface area contributed by atoms with Crippen molar-refractivity contribution in [3.8, 4) is 5.88 Å². The molecule has 0 aromatic carbocycles. The second-order valence-electron chi connectivity index (χ2n) is 8.95. The molecule has 3 N–H and O–H groups in total. The lowest BCUT2D eigenvalue weighted by Crippen LogP contribution is -2.54. The molecule has 2 unspecified atom stereocenters. The minimum absolute atomic E-state index is 0.346. The average Bonchev–Trinajstić information content (AvgIpc) is 3.10. The number of halogens is 1. The molecule has 3 saturated heterocycles. The number of rotatable bonds is 6. The molecule has 0 aliphatic carbocycles. The van der Waals surface area contributed by atoms with Crippen molar-refractivity contribution in [2.75, 3.05) is 68.0 Å². The van der Waals surface area contributed by atoms with E-state index >= 15 is 0 Å². The highest BCUT2D eigenvalue weighted by atomic mass is 35.5. The molecule has 34 heavy (non-hydrogen) atoms. The third kappa shape index (κ3) is 4.76. The molecule has 2 bridgehead atoms. The van der Waals surface area contributed by atoms with Crippen LogP contribution in [0, 0.1) is 0 Å². The maximum absolute atomic E-state index is 11.0. The zero-order valence-corrected chi connectivity index (χ0v) is 19.6. The molecule has 2 aromatic rings. The molecule has 0 saturated carbocycles. The number of pyridine rings is 1. The SMILES string of the molecule is Nc1nnc(Cl)cc1N1CC2CCC(C1)N2c1ccnc(OCCN2CCN(C(=O)O)CC2)c1. The largest absolute Gasteiger partial charge is 0.476 e. The Morgan fingerprint density at radius 3 is 2.59 bits per heavy atom. The predicted octanol–water partition coefficient (Wildman–Crippen LogP) is 1.64. The molecular formula is C22H29ClN8O3. The van der Waals surface area contributed by atoms with Crippen molar-refractivity contribution in [2.45, 2.75) is 24.9 Å². The summed E-state index contributed by atoms with van der Waals surface area (Å²) >= 11 is 6.06. The number of aromatic nitrogens is 3. The van der Waals surface area contributed by atoms with Gasteiger partial charge in [-0.15, -0.1) is 10.2 Å². The minimum atomic E-state index is -0.851. The summed E-state index contributed by atoms with van der Waals surface area (Å²) in [4.78, 5) is 23.8. The van der Waals surface area contributed by atoms with Gasteiger partial charge < -0.3 is 30.3 Å². The van der Waals surface area contributed by atoms with Gasteiger partial charge in [0.25, 0.3) is 0 Å². The number of amides is 1. The molecule has 11 nitrogen and oxygen atoms in total. The summed E-state index contributed by atoms with van der Waals surface area (Å²) in [5.74, 6) is 1.01. The highest BCUT2D eigenvalue weighted by molar-refractivity contribution is 6.29. The van der Waals surface area contributed by atoms with Crippen LogP contribution >= 0.6 is 11.6 Å². The van der Waals surface area contributed by atoms with Gasteiger partial charge in [-0.1, -0.05) is 11.6 Å². The van der Waals surface area contributed by atoms with E-state index < -0.39 is 6.09 Å². The Labute approximate surface area is 203 Å². The van der Waals surface area contributed by atoms with Crippen LogP contribution in [0.2, 0.25) is 5.15 Å². The summed E-state index contributed by atoms with van der Waals surface area (Å²) in [7, 11) is 0. The van der Waals surface area contributed by atoms with E-state index in [0.29, 0.717) is 48.6 Å². The molecule has 5 heterocycles. The van der Waals surface area contributed by atoms with Crippen molar-refractivity contribution in [2.24, 2.45) is 0 Å². The van der Waals surface area contributed by atoms with Crippen molar-refractivity contribution in [1.82, 2.24) is 25.0 Å². The van der Waals surface area contributed by atoms with E-state index in [4.69, 9.17) is 27.2 Å². The van der Waals surface area contributed by atoms with Crippen molar-refractivity contribution in [1.29, 1.82) is 0 Å². The first-order valence-corrected chi connectivity index (χ1v) is 12.0. The molecule has 182 valence electrons. The van der Waals surface area contributed by atoms with Crippen LogP contribution in [-0.2, 0) is 0 Å². The van der Waals surface area contributed by atoms with E-state index in [-0.39, 0.29) is 0 Å². The van der Waals surface area contributed by atoms with Crippen LogP contribution in [0.15, 0.2) is 24.4 Å². The number of fused-ring (bicyclic) bond motifs is 2. The molecule has 0 spiro atoms. The van der Waals surface area contributed by atoms with Crippen LogP contribution in [0.4, 0.5) is 22.0 Å². The molecule has 3 aliphatic heterocycles. The van der Waals surface area contributed by atoms with Gasteiger partial charge in [0.2, 0.25) is 5.88 Å². The normalized spacial score (nSPS) is 22.8. The number of hydrogen-bond acceptors (Lipinski definition) is 9. The molecular weight excluding hydrogens is 460 g/mol. The zero-order valence-electron chi connectivity index (χ0n) is 18.9. The second kappa shape index (κ2) is 9.67. The summed E-state index contributed by atoms with van der Waals surface area (Å²) in [5.41, 5.74) is 8.04. The third-order valence-electron chi connectivity index (χ3n) is 6.91. The predicted molar refractivity (Wildman–Crippen MR) is 129 cm³/mol. The molecule has 2 atom stereocenters. The van der Waals surface area contributed by atoms with Gasteiger partial charge in [-0.05, 0) is 18.9 Å². The van der Waals surface area contributed by atoms with Gasteiger partial charge in [0.1, 0.15) is 6.61 Å². The first-order valence-electron chi connectivity index (χ1n) is 11.6. The maximum Gasteiger partial charge on any atom is 0.407 e. The number of piperazine rings is 2. The van der Waals surface area contributed by atoms with Gasteiger partial charge in [0, 0.05) is 81.9 Å². The Kier molecular flexibility index (Phi) is 6.46. The van der Waals surface area contributed by atoms with Gasteiger partial charge in [-0.3, -0.25) is 4.90 Å². The molecule has 5 rings (SSSR count). The highest BCUT2D eigenvalue weighted by Crippen LogP contribution is 2.38. The summed E-state index contributed by atoms with van der Waals surface area (Å²) in [6.45, 7) is 5.44.